The van der Waals surface area contributed by atoms with Gasteiger partial charge >= 0.3 is 12.0 Å². The molecule has 1 rings (SSSR count). The molecule has 0 saturated heterocycles. The fourth-order valence-corrected chi connectivity index (χ4v) is 1.60. The zero-order valence-electron chi connectivity index (χ0n) is 11.1. The number of aliphatic carboxylic acids is 1. The predicted octanol–water partition coefficient (Wildman–Crippen LogP) is 0.751. The van der Waals surface area contributed by atoms with Gasteiger partial charge in [0.1, 0.15) is 11.9 Å². The van der Waals surface area contributed by atoms with E-state index in [9.17, 15) is 9.59 Å². The van der Waals surface area contributed by atoms with Gasteiger partial charge in [0.05, 0.1) is 0 Å². The van der Waals surface area contributed by atoms with Gasteiger partial charge in [-0.3, -0.25) is 0 Å². The molecule has 0 aliphatic rings. The van der Waals surface area contributed by atoms with Gasteiger partial charge in [-0.05, 0) is 5.92 Å². The molecular weight excluding hydrogens is 248 g/mol. The number of nitrogens with zero attached hydrogens (tertiary/aromatic N) is 1. The van der Waals surface area contributed by atoms with Crippen molar-refractivity contribution >= 4 is 12.0 Å². The van der Waals surface area contributed by atoms with Crippen LogP contribution in [0.1, 0.15) is 26.1 Å². The first-order valence-corrected chi connectivity index (χ1v) is 6.30. The predicted molar refractivity (Wildman–Crippen MR) is 69.7 cm³/mol. The Kier molecular flexibility index (Phi) is 5.84. The molecule has 1 heterocycles. The van der Waals surface area contributed by atoms with E-state index in [1.165, 1.54) is 0 Å². The number of hydrogen-bond acceptors (Lipinski definition) is 3. The van der Waals surface area contributed by atoms with E-state index >= 15 is 0 Å². The maximum absolute atomic E-state index is 11.6. The fraction of sp³-hybridized carbons (Fsp3) is 0.583. The van der Waals surface area contributed by atoms with Gasteiger partial charge in [-0.25, -0.2) is 14.6 Å². The Morgan fingerprint density at radius 3 is 2.79 bits per heavy atom. The Bertz CT molecular complexity index is 405. The topological polar surface area (TPSA) is 107 Å². The Morgan fingerprint density at radius 1 is 1.53 bits per heavy atom. The van der Waals surface area contributed by atoms with Gasteiger partial charge < -0.3 is 20.7 Å². The molecule has 0 bridgehead atoms. The summed E-state index contributed by atoms with van der Waals surface area (Å²) in [5.74, 6) is -0.360. The normalized spacial score (nSPS) is 13.6. The summed E-state index contributed by atoms with van der Waals surface area (Å²) >= 11 is 0. The first kappa shape index (κ1) is 15.0. The number of H-pyrrole nitrogens is 1. The molecule has 1 aromatic rings. The second-order valence-electron chi connectivity index (χ2n) is 4.39. The molecule has 0 aliphatic heterocycles. The summed E-state index contributed by atoms with van der Waals surface area (Å²) in [6.07, 6.45) is 4.60. The first-order chi connectivity index (χ1) is 9.04. The third-order valence-electron chi connectivity index (χ3n) is 2.97. The number of nitrogens with one attached hydrogen (secondary N) is 3. The van der Waals surface area contributed by atoms with Crippen LogP contribution in [0, 0.1) is 5.92 Å². The molecule has 0 fully saturated rings. The summed E-state index contributed by atoms with van der Waals surface area (Å²) in [4.78, 5) is 29.6. The summed E-state index contributed by atoms with van der Waals surface area (Å²) in [7, 11) is 0. The van der Waals surface area contributed by atoms with E-state index in [-0.39, 0.29) is 5.92 Å². The molecule has 106 valence electrons. The van der Waals surface area contributed by atoms with Gasteiger partial charge in [0.2, 0.25) is 0 Å². The fourth-order valence-electron chi connectivity index (χ4n) is 1.60. The minimum atomic E-state index is -1.02. The Balaban J connectivity index is 2.34. The molecule has 19 heavy (non-hydrogen) atoms. The highest BCUT2D eigenvalue weighted by atomic mass is 16.4. The smallest absolute Gasteiger partial charge is 0.326 e. The summed E-state index contributed by atoms with van der Waals surface area (Å²) in [6.45, 7) is 4.07. The highest BCUT2D eigenvalue weighted by molar-refractivity contribution is 5.82. The van der Waals surface area contributed by atoms with Crippen molar-refractivity contribution in [2.24, 2.45) is 5.92 Å². The minimum Gasteiger partial charge on any atom is -0.480 e. The number of hydrogen-bond donors (Lipinski definition) is 4. The van der Waals surface area contributed by atoms with Crippen LogP contribution in [0.4, 0.5) is 4.79 Å². The molecule has 0 radical (unpaired) electrons. The number of amides is 2. The molecule has 7 nitrogen and oxygen atoms in total. The van der Waals surface area contributed by atoms with Gasteiger partial charge in [-0.2, -0.15) is 0 Å². The molecule has 2 amide bonds. The van der Waals surface area contributed by atoms with Crippen molar-refractivity contribution in [1.82, 2.24) is 20.6 Å². The van der Waals surface area contributed by atoms with Gasteiger partial charge in [-0.15, -0.1) is 0 Å². The number of aromatic amines is 1. The van der Waals surface area contributed by atoms with Crippen molar-refractivity contribution in [3.8, 4) is 0 Å². The van der Waals surface area contributed by atoms with Crippen LogP contribution in [0.15, 0.2) is 12.4 Å². The molecule has 0 aliphatic carbocycles. The van der Waals surface area contributed by atoms with Crippen molar-refractivity contribution in [3.63, 3.8) is 0 Å². The van der Waals surface area contributed by atoms with Crippen LogP contribution in [0.25, 0.3) is 0 Å². The van der Waals surface area contributed by atoms with Crippen LogP contribution in [0.5, 0.6) is 0 Å². The SMILES string of the molecule is CCC(C)[C@H](NC(=O)NCCc1ncc[nH]1)C(=O)O. The number of carboxylic acids is 1. The minimum absolute atomic E-state index is 0.117. The number of imidazole rings is 1. The van der Waals surface area contributed by atoms with E-state index in [0.717, 1.165) is 5.82 Å². The second-order valence-corrected chi connectivity index (χ2v) is 4.39. The van der Waals surface area contributed by atoms with Crippen LogP contribution < -0.4 is 10.6 Å². The third-order valence-corrected chi connectivity index (χ3v) is 2.97. The molecule has 0 spiro atoms. The van der Waals surface area contributed by atoms with E-state index in [4.69, 9.17) is 5.11 Å². The molecular formula is C12H20N4O3. The maximum atomic E-state index is 11.6. The van der Waals surface area contributed by atoms with Crippen LogP contribution in [-0.4, -0.2) is 39.7 Å². The average molecular weight is 268 g/mol. The zero-order chi connectivity index (χ0) is 14.3. The maximum Gasteiger partial charge on any atom is 0.326 e. The lowest BCUT2D eigenvalue weighted by atomic mass is 9.99. The van der Waals surface area contributed by atoms with Gasteiger partial charge in [0.15, 0.2) is 0 Å². The number of carbonyl (C=O) groups excluding carboxylic acids is 1. The van der Waals surface area contributed by atoms with Crippen molar-refractivity contribution in [3.05, 3.63) is 18.2 Å². The number of carboxylic acid groups (broad SMARTS) is 1. The average Bonchev–Trinajstić information content (AvgIpc) is 2.87. The third kappa shape index (κ3) is 4.99. The molecule has 7 heteroatoms. The van der Waals surface area contributed by atoms with Crippen molar-refractivity contribution in [2.45, 2.75) is 32.7 Å². The van der Waals surface area contributed by atoms with Crippen LogP contribution >= 0.6 is 0 Å². The summed E-state index contributed by atoms with van der Waals surface area (Å²) in [6, 6.07) is -1.34. The van der Waals surface area contributed by atoms with E-state index in [2.05, 4.69) is 20.6 Å². The molecule has 0 saturated carbocycles. The Hall–Kier alpha value is -2.05. The molecule has 4 N–H and O–H groups in total. The summed E-state index contributed by atoms with van der Waals surface area (Å²) in [5.41, 5.74) is 0. The summed E-state index contributed by atoms with van der Waals surface area (Å²) < 4.78 is 0. The van der Waals surface area contributed by atoms with E-state index in [1.807, 2.05) is 6.92 Å². The lowest BCUT2D eigenvalue weighted by Crippen LogP contribution is -2.49. The van der Waals surface area contributed by atoms with E-state index < -0.39 is 18.0 Å². The largest absolute Gasteiger partial charge is 0.480 e. The van der Waals surface area contributed by atoms with Gasteiger partial charge in [-0.1, -0.05) is 20.3 Å². The number of rotatable bonds is 7. The van der Waals surface area contributed by atoms with Crippen molar-refractivity contribution in [1.29, 1.82) is 0 Å². The zero-order valence-corrected chi connectivity index (χ0v) is 11.1. The number of carbonyl (C=O) groups is 2. The second kappa shape index (κ2) is 7.40. The molecule has 1 unspecified atom stereocenters. The molecule has 0 aromatic carbocycles. The van der Waals surface area contributed by atoms with Gasteiger partial charge in [0, 0.05) is 25.4 Å². The molecule has 1 aromatic heterocycles. The van der Waals surface area contributed by atoms with Crippen LogP contribution in [0.3, 0.4) is 0 Å². The molecule has 2 atom stereocenters. The number of urea groups is 1. The van der Waals surface area contributed by atoms with Crippen molar-refractivity contribution in [2.75, 3.05) is 6.54 Å². The van der Waals surface area contributed by atoms with E-state index in [1.54, 1.807) is 19.3 Å². The van der Waals surface area contributed by atoms with E-state index in [0.29, 0.717) is 19.4 Å². The quantitative estimate of drug-likeness (QED) is 0.585. The monoisotopic (exact) mass is 268 g/mol. The Labute approximate surface area is 111 Å². The van der Waals surface area contributed by atoms with Crippen LogP contribution in [-0.2, 0) is 11.2 Å². The highest BCUT2D eigenvalue weighted by Gasteiger charge is 2.24. The summed E-state index contributed by atoms with van der Waals surface area (Å²) in [5, 5.41) is 14.1. The lowest BCUT2D eigenvalue weighted by molar-refractivity contribution is -0.140. The van der Waals surface area contributed by atoms with Crippen LogP contribution in [0.2, 0.25) is 0 Å². The van der Waals surface area contributed by atoms with Crippen molar-refractivity contribution < 1.29 is 14.7 Å². The first-order valence-electron chi connectivity index (χ1n) is 6.30. The van der Waals surface area contributed by atoms with Gasteiger partial charge in [0.25, 0.3) is 0 Å². The lowest BCUT2D eigenvalue weighted by Gasteiger charge is -2.20. The Morgan fingerprint density at radius 2 is 2.26 bits per heavy atom. The standard InChI is InChI=1S/C12H20N4O3/c1-3-8(2)10(11(17)18)16-12(19)15-5-4-9-13-6-7-14-9/h6-8,10H,3-5H2,1-2H3,(H,13,14)(H,17,18)(H2,15,16,19)/t8?,10-/m0/s1. The number of aromatic nitrogens is 2. The highest BCUT2D eigenvalue weighted by Crippen LogP contribution is 2.07.